The largest absolute Gasteiger partial charge is 0.392 e. The number of carbonyl (C=O) groups excluding carboxylic acids is 1. The highest BCUT2D eigenvalue weighted by Crippen LogP contribution is 2.12. The van der Waals surface area contributed by atoms with Crippen LogP contribution in [0.15, 0.2) is 24.3 Å². The summed E-state index contributed by atoms with van der Waals surface area (Å²) in [5, 5.41) is 20.8. The zero-order valence-corrected chi connectivity index (χ0v) is 12.1. The molecule has 2 N–H and O–H groups in total. The Morgan fingerprint density at radius 1 is 1.35 bits per heavy atom. The highest BCUT2D eigenvalue weighted by molar-refractivity contribution is 5.89. The number of aliphatic hydroxyl groups excluding tert-OH is 1. The van der Waals surface area contributed by atoms with Crippen molar-refractivity contribution in [3.05, 3.63) is 29.8 Å². The lowest BCUT2D eigenvalue weighted by atomic mass is 10.1. The molecule has 0 aliphatic carbocycles. The van der Waals surface area contributed by atoms with E-state index in [0.717, 1.165) is 5.56 Å². The van der Waals surface area contributed by atoms with E-state index in [-0.39, 0.29) is 18.6 Å². The van der Waals surface area contributed by atoms with Gasteiger partial charge in [-0.3, -0.25) is 0 Å². The van der Waals surface area contributed by atoms with E-state index in [4.69, 9.17) is 5.26 Å². The van der Waals surface area contributed by atoms with Gasteiger partial charge in [-0.25, -0.2) is 4.79 Å². The molecule has 1 rings (SSSR count). The van der Waals surface area contributed by atoms with E-state index in [9.17, 15) is 9.90 Å². The van der Waals surface area contributed by atoms with Gasteiger partial charge in [0.2, 0.25) is 0 Å². The van der Waals surface area contributed by atoms with Crippen molar-refractivity contribution in [3.8, 4) is 6.07 Å². The molecule has 0 heterocycles. The van der Waals surface area contributed by atoms with Crippen molar-refractivity contribution in [1.82, 2.24) is 4.90 Å². The highest BCUT2D eigenvalue weighted by Gasteiger charge is 2.18. The number of nitriles is 1. The van der Waals surface area contributed by atoms with Gasteiger partial charge in [0.1, 0.15) is 0 Å². The molecular formula is C15H21N3O2. The quantitative estimate of drug-likeness (QED) is 0.866. The Hall–Kier alpha value is -2.06. The third kappa shape index (κ3) is 4.90. The normalized spacial score (nSPS) is 11.8. The summed E-state index contributed by atoms with van der Waals surface area (Å²) in [7, 11) is 0. The Kier molecular flexibility index (Phi) is 6.01. The van der Waals surface area contributed by atoms with E-state index in [0.29, 0.717) is 12.1 Å². The second-order valence-corrected chi connectivity index (χ2v) is 5.06. The molecule has 0 aliphatic heterocycles. The molecule has 0 fully saturated rings. The molecule has 0 spiro atoms. The fourth-order valence-corrected chi connectivity index (χ4v) is 1.81. The van der Waals surface area contributed by atoms with Crippen LogP contribution in [0.2, 0.25) is 0 Å². The first-order chi connectivity index (χ1) is 9.43. The van der Waals surface area contributed by atoms with Gasteiger partial charge in [-0.2, -0.15) is 5.26 Å². The van der Waals surface area contributed by atoms with Gasteiger partial charge in [0, 0.05) is 18.3 Å². The number of hydrogen-bond acceptors (Lipinski definition) is 3. The average Bonchev–Trinajstić information content (AvgIpc) is 2.38. The maximum atomic E-state index is 12.2. The molecule has 1 atom stereocenters. The number of nitrogens with one attached hydrogen (secondary N) is 1. The summed E-state index contributed by atoms with van der Waals surface area (Å²) in [4.78, 5) is 13.7. The van der Waals surface area contributed by atoms with Gasteiger partial charge in [0.15, 0.2) is 0 Å². The van der Waals surface area contributed by atoms with Crippen LogP contribution in [0.5, 0.6) is 0 Å². The molecule has 1 unspecified atom stereocenters. The van der Waals surface area contributed by atoms with Crippen LogP contribution in [-0.4, -0.2) is 34.7 Å². The lowest BCUT2D eigenvalue weighted by molar-refractivity contribution is 0.125. The Morgan fingerprint density at radius 3 is 2.40 bits per heavy atom. The van der Waals surface area contributed by atoms with Crippen molar-refractivity contribution in [2.45, 2.75) is 39.3 Å². The maximum absolute atomic E-state index is 12.2. The van der Waals surface area contributed by atoms with Gasteiger partial charge in [-0.15, -0.1) is 0 Å². The fourth-order valence-electron chi connectivity index (χ4n) is 1.81. The molecular weight excluding hydrogens is 254 g/mol. The SMILES string of the molecule is CC(O)CN(C(=O)Nc1ccc(CC#N)cc1)C(C)C. The predicted octanol–water partition coefficient (Wildman–Crippen LogP) is 2.38. The molecule has 1 aromatic carbocycles. The summed E-state index contributed by atoms with van der Waals surface area (Å²) < 4.78 is 0. The van der Waals surface area contributed by atoms with E-state index < -0.39 is 6.10 Å². The number of aliphatic hydroxyl groups is 1. The standard InChI is InChI=1S/C15H21N3O2/c1-11(2)18(10-12(3)19)15(20)17-14-6-4-13(5-7-14)8-9-16/h4-7,11-12,19H,8,10H2,1-3H3,(H,17,20). The lowest BCUT2D eigenvalue weighted by Gasteiger charge is -2.28. The highest BCUT2D eigenvalue weighted by atomic mass is 16.3. The van der Waals surface area contributed by atoms with Gasteiger partial charge >= 0.3 is 6.03 Å². The van der Waals surface area contributed by atoms with Crippen molar-refractivity contribution < 1.29 is 9.90 Å². The summed E-state index contributed by atoms with van der Waals surface area (Å²) in [6, 6.07) is 9.00. The summed E-state index contributed by atoms with van der Waals surface area (Å²) in [6.07, 6.45) is -0.213. The van der Waals surface area contributed by atoms with Crippen molar-refractivity contribution in [1.29, 1.82) is 5.26 Å². The smallest absolute Gasteiger partial charge is 0.322 e. The molecule has 5 nitrogen and oxygen atoms in total. The number of hydrogen-bond donors (Lipinski definition) is 2. The molecule has 0 aromatic heterocycles. The minimum atomic E-state index is -0.568. The first-order valence-electron chi connectivity index (χ1n) is 6.65. The van der Waals surface area contributed by atoms with Crippen LogP contribution in [0.25, 0.3) is 0 Å². The van der Waals surface area contributed by atoms with Crippen molar-refractivity contribution >= 4 is 11.7 Å². The summed E-state index contributed by atoms with van der Waals surface area (Å²) >= 11 is 0. The van der Waals surface area contributed by atoms with Gasteiger partial charge in [-0.05, 0) is 38.5 Å². The van der Waals surface area contributed by atoms with Crippen LogP contribution >= 0.6 is 0 Å². The molecule has 0 radical (unpaired) electrons. The second-order valence-electron chi connectivity index (χ2n) is 5.06. The van der Waals surface area contributed by atoms with Crippen LogP contribution in [-0.2, 0) is 6.42 Å². The zero-order chi connectivity index (χ0) is 15.1. The van der Waals surface area contributed by atoms with Crippen LogP contribution < -0.4 is 5.32 Å². The van der Waals surface area contributed by atoms with E-state index in [2.05, 4.69) is 11.4 Å². The summed E-state index contributed by atoms with van der Waals surface area (Å²) in [5.41, 5.74) is 1.59. The second kappa shape index (κ2) is 7.51. The van der Waals surface area contributed by atoms with Crippen molar-refractivity contribution in [3.63, 3.8) is 0 Å². The fraction of sp³-hybridized carbons (Fsp3) is 0.467. The molecule has 2 amide bonds. The van der Waals surface area contributed by atoms with E-state index in [1.807, 2.05) is 26.0 Å². The Morgan fingerprint density at radius 2 is 1.95 bits per heavy atom. The number of benzene rings is 1. The average molecular weight is 275 g/mol. The molecule has 5 heteroatoms. The van der Waals surface area contributed by atoms with Crippen LogP contribution in [0.4, 0.5) is 10.5 Å². The lowest BCUT2D eigenvalue weighted by Crippen LogP contribution is -2.43. The van der Waals surface area contributed by atoms with E-state index in [1.165, 1.54) is 0 Å². The third-order valence-electron chi connectivity index (χ3n) is 2.83. The van der Waals surface area contributed by atoms with Gasteiger partial charge in [0.25, 0.3) is 0 Å². The number of rotatable bonds is 5. The number of carbonyl (C=O) groups is 1. The number of amides is 2. The summed E-state index contributed by atoms with van der Waals surface area (Å²) in [5.74, 6) is 0. The minimum Gasteiger partial charge on any atom is -0.392 e. The molecule has 20 heavy (non-hydrogen) atoms. The Bertz CT molecular complexity index is 475. The molecule has 0 saturated carbocycles. The number of nitrogens with zero attached hydrogens (tertiary/aromatic N) is 2. The first kappa shape index (κ1) is 16.0. The minimum absolute atomic E-state index is 0.00228. The number of anilines is 1. The van der Waals surface area contributed by atoms with Crippen LogP contribution in [0.1, 0.15) is 26.3 Å². The molecule has 1 aromatic rings. The zero-order valence-electron chi connectivity index (χ0n) is 12.1. The first-order valence-corrected chi connectivity index (χ1v) is 6.65. The van der Waals surface area contributed by atoms with Gasteiger partial charge in [0.05, 0.1) is 18.6 Å². The van der Waals surface area contributed by atoms with Crippen molar-refractivity contribution in [2.75, 3.05) is 11.9 Å². The molecule has 0 bridgehead atoms. The van der Waals surface area contributed by atoms with Crippen molar-refractivity contribution in [2.24, 2.45) is 0 Å². The molecule has 108 valence electrons. The third-order valence-corrected chi connectivity index (χ3v) is 2.83. The summed E-state index contributed by atoms with van der Waals surface area (Å²) in [6.45, 7) is 5.74. The predicted molar refractivity (Wildman–Crippen MR) is 78.3 cm³/mol. The number of urea groups is 1. The molecule has 0 saturated heterocycles. The van der Waals surface area contributed by atoms with Gasteiger partial charge < -0.3 is 15.3 Å². The maximum Gasteiger partial charge on any atom is 0.322 e. The Labute approximate surface area is 119 Å². The van der Waals surface area contributed by atoms with Crippen LogP contribution in [0.3, 0.4) is 0 Å². The monoisotopic (exact) mass is 275 g/mol. The van der Waals surface area contributed by atoms with Crippen LogP contribution in [0, 0.1) is 11.3 Å². The van der Waals surface area contributed by atoms with E-state index in [1.54, 1.807) is 24.0 Å². The topological polar surface area (TPSA) is 76.4 Å². The Balaban J connectivity index is 2.70. The molecule has 0 aliphatic rings. The van der Waals surface area contributed by atoms with Gasteiger partial charge in [-0.1, -0.05) is 12.1 Å². The van der Waals surface area contributed by atoms with E-state index >= 15 is 0 Å².